The van der Waals surface area contributed by atoms with Gasteiger partial charge in [-0.1, -0.05) is 12.8 Å². The Morgan fingerprint density at radius 2 is 2.22 bits per heavy atom. The van der Waals surface area contributed by atoms with Crippen LogP contribution in [0.3, 0.4) is 0 Å². The molecule has 1 fully saturated rings. The van der Waals surface area contributed by atoms with Gasteiger partial charge in [-0.05, 0) is 25.7 Å². The molecular formula is C8H16O. The third-order valence-electron chi connectivity index (χ3n) is 1.80. The molecule has 1 saturated carbocycles. The highest BCUT2D eigenvalue weighted by molar-refractivity contribution is 4.72. The second-order valence-electron chi connectivity index (χ2n) is 2.78. The van der Waals surface area contributed by atoms with Gasteiger partial charge in [-0.25, -0.2) is 0 Å². The first-order valence-corrected chi connectivity index (χ1v) is 4.01. The summed E-state index contributed by atoms with van der Waals surface area (Å²) in [6.07, 6.45) is 5.64. The van der Waals surface area contributed by atoms with E-state index in [0.717, 1.165) is 19.1 Å². The molecule has 0 amide bonds. The van der Waals surface area contributed by atoms with Gasteiger partial charge in [-0.3, -0.25) is 0 Å². The summed E-state index contributed by atoms with van der Waals surface area (Å²) in [5.74, 6) is 1.07. The highest BCUT2D eigenvalue weighted by Gasteiger charge is 2.19. The van der Waals surface area contributed by atoms with Crippen LogP contribution in [0.1, 0.15) is 32.6 Å². The minimum atomic E-state index is 0.880. The molecule has 0 aromatic carbocycles. The third-order valence-corrected chi connectivity index (χ3v) is 1.80. The van der Waals surface area contributed by atoms with E-state index in [1.54, 1.807) is 0 Å². The maximum atomic E-state index is 5.21. The standard InChI is InChI=1S/C8H16O/c1-2-9-7-3-4-8-5-6-8/h8H,2-7H2,1H3. The molecule has 0 saturated heterocycles. The summed E-state index contributed by atoms with van der Waals surface area (Å²) in [7, 11) is 0. The molecule has 0 unspecified atom stereocenters. The van der Waals surface area contributed by atoms with E-state index in [-0.39, 0.29) is 0 Å². The van der Waals surface area contributed by atoms with Gasteiger partial charge in [0.2, 0.25) is 0 Å². The van der Waals surface area contributed by atoms with Crippen LogP contribution in [0.2, 0.25) is 0 Å². The molecule has 0 spiro atoms. The summed E-state index contributed by atoms with van der Waals surface area (Å²) < 4.78 is 5.21. The summed E-state index contributed by atoms with van der Waals surface area (Å²) in [6.45, 7) is 3.91. The zero-order valence-corrected chi connectivity index (χ0v) is 6.23. The summed E-state index contributed by atoms with van der Waals surface area (Å²) >= 11 is 0. The first-order valence-electron chi connectivity index (χ1n) is 4.01. The fraction of sp³-hybridized carbons (Fsp3) is 1.00. The van der Waals surface area contributed by atoms with Gasteiger partial charge in [-0.2, -0.15) is 0 Å². The van der Waals surface area contributed by atoms with E-state index in [4.69, 9.17) is 4.74 Å². The van der Waals surface area contributed by atoms with Crippen LogP contribution in [0.25, 0.3) is 0 Å². The van der Waals surface area contributed by atoms with Crippen LogP contribution in [-0.4, -0.2) is 13.2 Å². The Hall–Kier alpha value is -0.0400. The van der Waals surface area contributed by atoms with Crippen LogP contribution in [0.15, 0.2) is 0 Å². The van der Waals surface area contributed by atoms with Crippen molar-refractivity contribution in [3.63, 3.8) is 0 Å². The van der Waals surface area contributed by atoms with Crippen LogP contribution < -0.4 is 0 Å². The molecule has 0 N–H and O–H groups in total. The molecule has 1 heteroatoms. The number of hydrogen-bond donors (Lipinski definition) is 0. The largest absolute Gasteiger partial charge is 0.382 e. The van der Waals surface area contributed by atoms with Crippen molar-refractivity contribution in [2.75, 3.05) is 13.2 Å². The Labute approximate surface area is 57.4 Å². The van der Waals surface area contributed by atoms with E-state index >= 15 is 0 Å². The van der Waals surface area contributed by atoms with E-state index in [0.29, 0.717) is 0 Å². The fourth-order valence-corrected chi connectivity index (χ4v) is 1.02. The van der Waals surface area contributed by atoms with Gasteiger partial charge in [0.1, 0.15) is 0 Å². The van der Waals surface area contributed by atoms with Gasteiger partial charge in [0.05, 0.1) is 0 Å². The predicted octanol–water partition coefficient (Wildman–Crippen LogP) is 2.21. The third kappa shape index (κ3) is 3.52. The summed E-state index contributed by atoms with van der Waals surface area (Å²) in [5.41, 5.74) is 0. The van der Waals surface area contributed by atoms with Gasteiger partial charge in [0, 0.05) is 13.2 Å². The van der Waals surface area contributed by atoms with E-state index in [1.165, 1.54) is 25.7 Å². The number of rotatable bonds is 5. The van der Waals surface area contributed by atoms with Crippen molar-refractivity contribution in [2.24, 2.45) is 5.92 Å². The zero-order valence-electron chi connectivity index (χ0n) is 6.23. The smallest absolute Gasteiger partial charge is 0.0465 e. The van der Waals surface area contributed by atoms with E-state index in [2.05, 4.69) is 6.92 Å². The molecule has 0 aliphatic heterocycles. The summed E-state index contributed by atoms with van der Waals surface area (Å²) in [4.78, 5) is 0. The molecule has 1 rings (SSSR count). The van der Waals surface area contributed by atoms with Crippen molar-refractivity contribution < 1.29 is 4.74 Å². The topological polar surface area (TPSA) is 9.23 Å². The molecule has 0 radical (unpaired) electrons. The van der Waals surface area contributed by atoms with Crippen LogP contribution in [0.5, 0.6) is 0 Å². The molecular weight excluding hydrogens is 112 g/mol. The van der Waals surface area contributed by atoms with E-state index < -0.39 is 0 Å². The minimum absolute atomic E-state index is 0.880. The molecule has 0 aromatic heterocycles. The molecule has 0 aromatic rings. The summed E-state index contributed by atoms with van der Waals surface area (Å²) in [6, 6.07) is 0. The normalized spacial score (nSPS) is 18.3. The zero-order chi connectivity index (χ0) is 6.53. The maximum Gasteiger partial charge on any atom is 0.0465 e. The second-order valence-corrected chi connectivity index (χ2v) is 2.78. The van der Waals surface area contributed by atoms with Crippen LogP contribution >= 0.6 is 0 Å². The number of ether oxygens (including phenoxy) is 1. The molecule has 1 aliphatic carbocycles. The summed E-state index contributed by atoms with van der Waals surface area (Å²) in [5, 5.41) is 0. The van der Waals surface area contributed by atoms with Crippen molar-refractivity contribution >= 4 is 0 Å². The van der Waals surface area contributed by atoms with Crippen LogP contribution in [0.4, 0.5) is 0 Å². The fourth-order valence-electron chi connectivity index (χ4n) is 1.02. The van der Waals surface area contributed by atoms with E-state index in [1.807, 2.05) is 0 Å². The van der Waals surface area contributed by atoms with Gasteiger partial charge >= 0.3 is 0 Å². The lowest BCUT2D eigenvalue weighted by Crippen LogP contribution is -1.93. The Morgan fingerprint density at radius 1 is 1.44 bits per heavy atom. The lowest BCUT2D eigenvalue weighted by Gasteiger charge is -1.97. The Morgan fingerprint density at radius 3 is 2.78 bits per heavy atom. The van der Waals surface area contributed by atoms with Crippen molar-refractivity contribution in [1.82, 2.24) is 0 Å². The monoisotopic (exact) mass is 128 g/mol. The molecule has 54 valence electrons. The Balaban J connectivity index is 1.71. The van der Waals surface area contributed by atoms with Crippen LogP contribution in [-0.2, 0) is 4.74 Å². The molecule has 1 nitrogen and oxygen atoms in total. The predicted molar refractivity (Wildman–Crippen MR) is 38.5 cm³/mol. The van der Waals surface area contributed by atoms with Gasteiger partial charge in [0.15, 0.2) is 0 Å². The lowest BCUT2D eigenvalue weighted by atomic mass is 10.2. The van der Waals surface area contributed by atoms with Crippen molar-refractivity contribution in [3.8, 4) is 0 Å². The lowest BCUT2D eigenvalue weighted by molar-refractivity contribution is 0.142. The van der Waals surface area contributed by atoms with Gasteiger partial charge in [0.25, 0.3) is 0 Å². The minimum Gasteiger partial charge on any atom is -0.382 e. The molecule has 9 heavy (non-hydrogen) atoms. The van der Waals surface area contributed by atoms with E-state index in [9.17, 15) is 0 Å². The average Bonchev–Trinajstić information content (AvgIpc) is 2.63. The average molecular weight is 128 g/mol. The first kappa shape index (κ1) is 7.07. The first-order chi connectivity index (χ1) is 4.43. The van der Waals surface area contributed by atoms with Crippen molar-refractivity contribution in [1.29, 1.82) is 0 Å². The highest BCUT2D eigenvalue weighted by Crippen LogP contribution is 2.33. The van der Waals surface area contributed by atoms with Gasteiger partial charge in [-0.15, -0.1) is 0 Å². The van der Waals surface area contributed by atoms with Crippen LogP contribution in [0, 0.1) is 5.92 Å². The Kier molecular flexibility index (Phi) is 3.05. The second kappa shape index (κ2) is 3.89. The van der Waals surface area contributed by atoms with Crippen molar-refractivity contribution in [2.45, 2.75) is 32.6 Å². The molecule has 0 heterocycles. The van der Waals surface area contributed by atoms with Gasteiger partial charge < -0.3 is 4.74 Å². The molecule has 0 atom stereocenters. The maximum absolute atomic E-state index is 5.21. The van der Waals surface area contributed by atoms with Crippen molar-refractivity contribution in [3.05, 3.63) is 0 Å². The Bertz CT molecular complexity index is 67.0. The SMILES string of the molecule is CCOCCCC1CC1. The quantitative estimate of drug-likeness (QED) is 0.516. The molecule has 1 aliphatic rings. The number of hydrogen-bond acceptors (Lipinski definition) is 1. The highest BCUT2D eigenvalue weighted by atomic mass is 16.5. The molecule has 0 bridgehead atoms.